The minimum absolute atomic E-state index is 0.131. The molecule has 2 aromatic carbocycles. The highest BCUT2D eigenvalue weighted by Crippen LogP contribution is 2.26. The average molecular weight is 505 g/mol. The fraction of sp³-hybridized carbons (Fsp3) is 0.250. The first-order valence-electron chi connectivity index (χ1n) is 11.8. The zero-order valence-electron chi connectivity index (χ0n) is 20.8. The van der Waals surface area contributed by atoms with Gasteiger partial charge in [0.05, 0.1) is 12.0 Å². The predicted octanol–water partition coefficient (Wildman–Crippen LogP) is 6.14. The average Bonchev–Trinajstić information content (AvgIpc) is 3.51. The van der Waals surface area contributed by atoms with E-state index in [4.69, 9.17) is 21.0 Å². The van der Waals surface area contributed by atoms with Crippen molar-refractivity contribution in [3.05, 3.63) is 89.0 Å². The molecule has 4 aromatic rings. The van der Waals surface area contributed by atoms with Gasteiger partial charge in [-0.25, -0.2) is 4.98 Å². The molecule has 0 aliphatic rings. The maximum absolute atomic E-state index is 13.2. The van der Waals surface area contributed by atoms with Crippen LogP contribution in [-0.4, -0.2) is 39.4 Å². The fourth-order valence-corrected chi connectivity index (χ4v) is 3.98. The van der Waals surface area contributed by atoms with E-state index in [1.165, 1.54) is 16.7 Å². The molecule has 0 bridgehead atoms. The molecule has 0 unspecified atom stereocenters. The number of aryl methyl sites for hydroxylation is 2. The summed E-state index contributed by atoms with van der Waals surface area (Å²) in [5.41, 5.74) is 4.71. The maximum atomic E-state index is 13.2. The van der Waals surface area contributed by atoms with Crippen LogP contribution in [0.15, 0.2) is 71.5 Å². The first-order chi connectivity index (χ1) is 17.2. The Hall–Kier alpha value is -3.84. The molecule has 36 heavy (non-hydrogen) atoms. The number of aromatic nitrogens is 2. The summed E-state index contributed by atoms with van der Waals surface area (Å²) in [4.78, 5) is 32.3. The van der Waals surface area contributed by atoms with Crippen molar-refractivity contribution in [3.8, 4) is 16.9 Å². The van der Waals surface area contributed by atoms with Crippen molar-refractivity contribution in [3.63, 3.8) is 0 Å². The molecule has 0 atom stereocenters. The lowest BCUT2D eigenvalue weighted by Gasteiger charge is -2.23. The second-order valence-corrected chi connectivity index (χ2v) is 9.64. The van der Waals surface area contributed by atoms with E-state index in [9.17, 15) is 9.59 Å². The molecule has 0 saturated carbocycles. The Balaban J connectivity index is 1.64. The summed E-state index contributed by atoms with van der Waals surface area (Å²) in [6.07, 6.45) is 3.32. The fourth-order valence-electron chi connectivity index (χ4n) is 3.85. The molecular formula is C28H29ClN4O3. The smallest absolute Gasteiger partial charge is 0.290 e. The van der Waals surface area contributed by atoms with Gasteiger partial charge in [0.1, 0.15) is 6.54 Å². The second-order valence-electron chi connectivity index (χ2n) is 9.20. The quantitative estimate of drug-likeness (QED) is 0.312. The van der Waals surface area contributed by atoms with Crippen LogP contribution in [0.5, 0.6) is 0 Å². The third kappa shape index (κ3) is 5.86. The van der Waals surface area contributed by atoms with E-state index in [1.807, 2.05) is 68.8 Å². The monoisotopic (exact) mass is 504 g/mol. The van der Waals surface area contributed by atoms with Crippen molar-refractivity contribution in [1.82, 2.24) is 14.5 Å². The third-order valence-corrected chi connectivity index (χ3v) is 6.06. The number of hydrogen-bond acceptors (Lipinski definition) is 4. The van der Waals surface area contributed by atoms with Crippen molar-refractivity contribution in [2.75, 3.05) is 18.4 Å². The lowest BCUT2D eigenvalue weighted by Crippen LogP contribution is -2.40. The molecule has 4 rings (SSSR count). The number of furan rings is 1. The Kier molecular flexibility index (Phi) is 7.60. The molecule has 0 fully saturated rings. The molecule has 1 N–H and O–H groups in total. The molecule has 186 valence electrons. The molecular weight excluding hydrogens is 476 g/mol. The van der Waals surface area contributed by atoms with Crippen LogP contribution in [0, 0.1) is 19.8 Å². The van der Waals surface area contributed by atoms with Gasteiger partial charge in [0.25, 0.3) is 5.91 Å². The number of anilines is 1. The van der Waals surface area contributed by atoms with Gasteiger partial charge in [0.2, 0.25) is 11.9 Å². The van der Waals surface area contributed by atoms with E-state index in [2.05, 4.69) is 5.32 Å². The largest absolute Gasteiger partial charge is 0.459 e. The molecule has 7 nitrogen and oxygen atoms in total. The first kappa shape index (κ1) is 25.3. The number of nitrogens with one attached hydrogen (secondary N) is 1. The van der Waals surface area contributed by atoms with Gasteiger partial charge < -0.3 is 9.32 Å². The van der Waals surface area contributed by atoms with Crippen LogP contribution < -0.4 is 5.32 Å². The lowest BCUT2D eigenvalue weighted by molar-refractivity contribution is -0.117. The van der Waals surface area contributed by atoms with Crippen LogP contribution in [0.25, 0.3) is 16.9 Å². The maximum Gasteiger partial charge on any atom is 0.290 e. The molecule has 0 spiro atoms. The standard InChI is InChI=1S/C28H29ClN4O3/c1-18(2)15-32(27(35)25-6-5-13-36-25)17-26(34)31-28-30-24(21-8-10-22(29)11-9-21)16-33(28)23-12-7-19(3)20(4)14-23/h5-14,16,18H,15,17H2,1-4H3,(H,30,31,34). The van der Waals surface area contributed by atoms with E-state index in [0.29, 0.717) is 23.2 Å². The SMILES string of the molecule is Cc1ccc(-n2cc(-c3ccc(Cl)cc3)nc2NC(=O)CN(CC(C)C)C(=O)c2ccco2)cc1C. The number of hydrogen-bond donors (Lipinski definition) is 1. The Labute approximate surface area is 215 Å². The van der Waals surface area contributed by atoms with Gasteiger partial charge in [-0.2, -0.15) is 0 Å². The van der Waals surface area contributed by atoms with Crippen LogP contribution in [0.3, 0.4) is 0 Å². The van der Waals surface area contributed by atoms with Crippen LogP contribution >= 0.6 is 11.6 Å². The number of benzene rings is 2. The number of rotatable bonds is 8. The normalized spacial score (nSPS) is 11.1. The van der Waals surface area contributed by atoms with Gasteiger partial charge in [0, 0.05) is 29.0 Å². The highest BCUT2D eigenvalue weighted by molar-refractivity contribution is 6.30. The van der Waals surface area contributed by atoms with E-state index in [1.54, 1.807) is 24.3 Å². The minimum Gasteiger partial charge on any atom is -0.459 e. The number of amides is 2. The van der Waals surface area contributed by atoms with Crippen molar-refractivity contribution < 1.29 is 14.0 Å². The minimum atomic E-state index is -0.353. The zero-order valence-corrected chi connectivity index (χ0v) is 21.5. The van der Waals surface area contributed by atoms with E-state index in [0.717, 1.165) is 16.8 Å². The lowest BCUT2D eigenvalue weighted by atomic mass is 10.1. The Morgan fingerprint density at radius 1 is 1.08 bits per heavy atom. The van der Waals surface area contributed by atoms with Gasteiger partial charge in [-0.05, 0) is 67.3 Å². The highest BCUT2D eigenvalue weighted by atomic mass is 35.5. The molecule has 0 aliphatic heterocycles. The van der Waals surface area contributed by atoms with Gasteiger partial charge in [-0.1, -0.05) is 43.6 Å². The number of halogens is 1. The second kappa shape index (κ2) is 10.8. The summed E-state index contributed by atoms with van der Waals surface area (Å²) in [5, 5.41) is 3.54. The summed E-state index contributed by atoms with van der Waals surface area (Å²) < 4.78 is 7.11. The van der Waals surface area contributed by atoms with Crippen molar-refractivity contribution >= 4 is 29.4 Å². The summed E-state index contributed by atoms with van der Waals surface area (Å²) in [7, 11) is 0. The van der Waals surface area contributed by atoms with Crippen LogP contribution in [0.2, 0.25) is 5.02 Å². The number of imidazole rings is 1. The van der Waals surface area contributed by atoms with Crippen molar-refractivity contribution in [1.29, 1.82) is 0 Å². The molecule has 2 amide bonds. The van der Waals surface area contributed by atoms with Gasteiger partial charge in [0.15, 0.2) is 5.76 Å². The summed E-state index contributed by atoms with van der Waals surface area (Å²) in [6, 6.07) is 16.7. The Bertz CT molecular complexity index is 1360. The number of nitrogens with zero attached hydrogens (tertiary/aromatic N) is 3. The van der Waals surface area contributed by atoms with Crippen LogP contribution in [0.4, 0.5) is 5.95 Å². The highest BCUT2D eigenvalue weighted by Gasteiger charge is 2.23. The number of carbonyl (C=O) groups is 2. The van der Waals surface area contributed by atoms with Crippen LogP contribution in [-0.2, 0) is 4.79 Å². The van der Waals surface area contributed by atoms with E-state index < -0.39 is 0 Å². The molecule has 0 aliphatic carbocycles. The zero-order chi connectivity index (χ0) is 25.8. The van der Waals surface area contributed by atoms with E-state index >= 15 is 0 Å². The van der Waals surface area contributed by atoms with Gasteiger partial charge in [-0.15, -0.1) is 0 Å². The predicted molar refractivity (Wildman–Crippen MR) is 142 cm³/mol. The van der Waals surface area contributed by atoms with Gasteiger partial charge in [-0.3, -0.25) is 19.5 Å². The summed E-state index contributed by atoms with van der Waals surface area (Å²) in [5.74, 6) is 0.0519. The molecule has 2 aromatic heterocycles. The van der Waals surface area contributed by atoms with Crippen molar-refractivity contribution in [2.45, 2.75) is 27.7 Å². The summed E-state index contributed by atoms with van der Waals surface area (Å²) >= 11 is 6.06. The molecule has 2 heterocycles. The third-order valence-electron chi connectivity index (χ3n) is 5.80. The number of carbonyl (C=O) groups excluding carboxylic acids is 2. The Morgan fingerprint density at radius 3 is 2.47 bits per heavy atom. The van der Waals surface area contributed by atoms with Gasteiger partial charge >= 0.3 is 0 Å². The molecule has 0 saturated heterocycles. The molecule has 8 heteroatoms. The first-order valence-corrected chi connectivity index (χ1v) is 12.1. The topological polar surface area (TPSA) is 80.4 Å². The Morgan fingerprint density at radius 2 is 1.83 bits per heavy atom. The van der Waals surface area contributed by atoms with Crippen molar-refractivity contribution in [2.24, 2.45) is 5.92 Å². The van der Waals surface area contributed by atoms with Crippen LogP contribution in [0.1, 0.15) is 35.5 Å². The summed E-state index contributed by atoms with van der Waals surface area (Å²) in [6.45, 7) is 8.35. The van der Waals surface area contributed by atoms with E-state index in [-0.39, 0.29) is 30.0 Å². The molecule has 0 radical (unpaired) electrons.